The van der Waals surface area contributed by atoms with Crippen LogP contribution in [0.25, 0.3) is 0 Å². The van der Waals surface area contributed by atoms with E-state index in [2.05, 4.69) is 62.5 Å². The third-order valence-electron chi connectivity index (χ3n) is 2.11. The number of hydrogen-bond donors (Lipinski definition) is 1. The molecule has 1 unspecified atom stereocenters. The second-order valence-electron chi connectivity index (χ2n) is 3.24. The van der Waals surface area contributed by atoms with Gasteiger partial charge >= 0.3 is 0 Å². The second-order valence-corrected chi connectivity index (χ2v) is 5.34. The lowest BCUT2D eigenvalue weighted by Gasteiger charge is -2.12. The monoisotopic (exact) mass is 377 g/mol. The van der Waals surface area contributed by atoms with Crippen molar-refractivity contribution in [2.75, 3.05) is 0 Å². The van der Waals surface area contributed by atoms with Gasteiger partial charge in [-0.1, -0.05) is 15.9 Å². The highest BCUT2D eigenvalue weighted by Gasteiger charge is 2.09. The zero-order valence-electron chi connectivity index (χ0n) is 8.56. The van der Waals surface area contributed by atoms with Crippen LogP contribution in [0.2, 0.25) is 0 Å². The van der Waals surface area contributed by atoms with Crippen molar-refractivity contribution in [2.24, 2.45) is 5.73 Å². The molecule has 0 radical (unpaired) electrons. The maximum absolute atomic E-state index is 6.10. The predicted molar refractivity (Wildman–Crippen MR) is 76.5 cm³/mol. The summed E-state index contributed by atoms with van der Waals surface area (Å²) < 4.78 is 2.29. The third-order valence-corrected chi connectivity index (χ3v) is 3.51. The van der Waals surface area contributed by atoms with Crippen LogP contribution in [-0.4, -0.2) is 0 Å². The van der Waals surface area contributed by atoms with Crippen molar-refractivity contribution in [1.82, 2.24) is 0 Å². The van der Waals surface area contributed by atoms with E-state index in [0.717, 1.165) is 17.3 Å². The minimum absolute atomic E-state index is 0.0648. The molecular weight excluding hydrogens is 365 g/mol. The van der Waals surface area contributed by atoms with E-state index >= 15 is 0 Å². The van der Waals surface area contributed by atoms with E-state index in [1.54, 1.807) is 0 Å². The molecule has 0 saturated carbocycles. The van der Waals surface area contributed by atoms with E-state index in [9.17, 15) is 0 Å². The van der Waals surface area contributed by atoms with Crippen LogP contribution in [0.1, 0.15) is 31.4 Å². The minimum atomic E-state index is 0.0648. The largest absolute Gasteiger partial charge is 0.324 e. The first-order valence-corrected chi connectivity index (χ1v) is 6.62. The van der Waals surface area contributed by atoms with Crippen molar-refractivity contribution >= 4 is 38.5 Å². The van der Waals surface area contributed by atoms with E-state index in [1.807, 2.05) is 13.0 Å². The molecule has 80 valence electrons. The molecule has 0 aliphatic heterocycles. The van der Waals surface area contributed by atoms with Crippen molar-refractivity contribution in [3.8, 4) is 11.8 Å². The van der Waals surface area contributed by atoms with Gasteiger partial charge < -0.3 is 5.73 Å². The summed E-state index contributed by atoms with van der Waals surface area (Å²) in [5.41, 5.74) is 7.27. The molecule has 0 heterocycles. The van der Waals surface area contributed by atoms with Gasteiger partial charge in [0, 0.05) is 20.5 Å². The standard InChI is InChI=1S/C12H13BrIN/c1-2-3-4-5-12(15)10-8-9(14)6-7-11(10)13/h6-8,12H,4-5,15H2,1H3. The molecule has 3 heteroatoms. The van der Waals surface area contributed by atoms with E-state index in [1.165, 1.54) is 9.13 Å². The Morgan fingerprint density at radius 1 is 1.53 bits per heavy atom. The molecule has 0 bridgehead atoms. The summed E-state index contributed by atoms with van der Waals surface area (Å²) in [6.07, 6.45) is 1.76. The minimum Gasteiger partial charge on any atom is -0.324 e. The van der Waals surface area contributed by atoms with Crippen LogP contribution < -0.4 is 5.73 Å². The van der Waals surface area contributed by atoms with Gasteiger partial charge in [0.05, 0.1) is 0 Å². The predicted octanol–water partition coefficient (Wildman–Crippen LogP) is 3.86. The molecule has 1 rings (SSSR count). The number of benzene rings is 1. The molecular formula is C12H13BrIN. The van der Waals surface area contributed by atoms with Crippen molar-refractivity contribution in [1.29, 1.82) is 0 Å². The van der Waals surface area contributed by atoms with E-state index in [4.69, 9.17) is 5.73 Å². The molecule has 1 nitrogen and oxygen atoms in total. The van der Waals surface area contributed by atoms with Gasteiger partial charge in [0.1, 0.15) is 0 Å². The van der Waals surface area contributed by atoms with Gasteiger partial charge in [-0.05, 0) is 59.7 Å². The molecule has 0 aliphatic carbocycles. The van der Waals surface area contributed by atoms with Gasteiger partial charge in [-0.3, -0.25) is 0 Å². The van der Waals surface area contributed by atoms with Gasteiger partial charge in [-0.15, -0.1) is 11.8 Å². The highest BCUT2D eigenvalue weighted by molar-refractivity contribution is 14.1. The Labute approximate surface area is 113 Å². The number of hydrogen-bond acceptors (Lipinski definition) is 1. The lowest BCUT2D eigenvalue weighted by molar-refractivity contribution is 0.664. The zero-order valence-corrected chi connectivity index (χ0v) is 12.3. The topological polar surface area (TPSA) is 26.0 Å². The van der Waals surface area contributed by atoms with Crippen molar-refractivity contribution in [3.05, 3.63) is 31.8 Å². The maximum atomic E-state index is 6.10. The first-order valence-electron chi connectivity index (χ1n) is 4.75. The lowest BCUT2D eigenvalue weighted by atomic mass is 10.0. The first-order chi connectivity index (χ1) is 7.15. The molecule has 1 aromatic carbocycles. The van der Waals surface area contributed by atoms with Crippen LogP contribution in [-0.2, 0) is 0 Å². The summed E-state index contributed by atoms with van der Waals surface area (Å²) in [4.78, 5) is 0. The van der Waals surface area contributed by atoms with Gasteiger partial charge in [0.25, 0.3) is 0 Å². The Hall–Kier alpha value is -0.0500. The summed E-state index contributed by atoms with van der Waals surface area (Å²) in [7, 11) is 0. The molecule has 0 amide bonds. The van der Waals surface area contributed by atoms with Crippen LogP contribution in [0.3, 0.4) is 0 Å². The third kappa shape index (κ3) is 4.13. The number of halogens is 2. The quantitative estimate of drug-likeness (QED) is 0.628. The SMILES string of the molecule is CC#CCCC(N)c1cc(I)ccc1Br. The van der Waals surface area contributed by atoms with Gasteiger partial charge in [0.15, 0.2) is 0 Å². The second kappa shape index (κ2) is 6.51. The highest BCUT2D eigenvalue weighted by Crippen LogP contribution is 2.26. The molecule has 0 spiro atoms. The molecule has 1 aromatic rings. The Morgan fingerprint density at radius 3 is 2.93 bits per heavy atom. The molecule has 0 fully saturated rings. The molecule has 0 aliphatic rings. The summed E-state index contributed by atoms with van der Waals surface area (Å²) in [6, 6.07) is 6.29. The smallest absolute Gasteiger partial charge is 0.0315 e. The average molecular weight is 378 g/mol. The molecule has 15 heavy (non-hydrogen) atoms. The Balaban J connectivity index is 2.74. The van der Waals surface area contributed by atoms with Crippen LogP contribution in [0.15, 0.2) is 22.7 Å². The van der Waals surface area contributed by atoms with Crippen molar-refractivity contribution in [3.63, 3.8) is 0 Å². The fourth-order valence-electron chi connectivity index (χ4n) is 1.31. The Kier molecular flexibility index (Phi) is 5.65. The molecule has 2 N–H and O–H groups in total. The van der Waals surface area contributed by atoms with Gasteiger partial charge in [-0.2, -0.15) is 0 Å². The highest BCUT2D eigenvalue weighted by atomic mass is 127. The average Bonchev–Trinajstić information content (AvgIpc) is 2.22. The normalized spacial score (nSPS) is 11.7. The van der Waals surface area contributed by atoms with Crippen molar-refractivity contribution in [2.45, 2.75) is 25.8 Å². The first kappa shape index (κ1) is 13.0. The van der Waals surface area contributed by atoms with Crippen LogP contribution >= 0.6 is 38.5 Å². The fraction of sp³-hybridized carbons (Fsp3) is 0.333. The van der Waals surface area contributed by atoms with E-state index < -0.39 is 0 Å². The van der Waals surface area contributed by atoms with E-state index in [0.29, 0.717) is 0 Å². The van der Waals surface area contributed by atoms with Gasteiger partial charge in [-0.25, -0.2) is 0 Å². The zero-order chi connectivity index (χ0) is 11.3. The molecule has 1 atom stereocenters. The molecule has 0 aromatic heterocycles. The lowest BCUT2D eigenvalue weighted by Crippen LogP contribution is -2.10. The summed E-state index contributed by atoms with van der Waals surface area (Å²) >= 11 is 5.82. The van der Waals surface area contributed by atoms with Crippen molar-refractivity contribution < 1.29 is 0 Å². The number of rotatable bonds is 3. The van der Waals surface area contributed by atoms with Crippen LogP contribution in [0.4, 0.5) is 0 Å². The van der Waals surface area contributed by atoms with Gasteiger partial charge in [0.2, 0.25) is 0 Å². The fourth-order valence-corrected chi connectivity index (χ4v) is 2.36. The number of nitrogens with two attached hydrogens (primary N) is 1. The molecule has 0 saturated heterocycles. The summed E-state index contributed by atoms with van der Waals surface area (Å²) in [5.74, 6) is 5.92. The Morgan fingerprint density at radius 2 is 2.27 bits per heavy atom. The summed E-state index contributed by atoms with van der Waals surface area (Å²) in [5, 5.41) is 0. The van der Waals surface area contributed by atoms with Crippen LogP contribution in [0, 0.1) is 15.4 Å². The maximum Gasteiger partial charge on any atom is 0.0315 e. The Bertz CT molecular complexity index is 392. The van der Waals surface area contributed by atoms with E-state index in [-0.39, 0.29) is 6.04 Å². The summed E-state index contributed by atoms with van der Waals surface area (Å²) in [6.45, 7) is 1.85. The van der Waals surface area contributed by atoms with Crippen LogP contribution in [0.5, 0.6) is 0 Å².